The standard InChI is InChI=1S/C24H20F4N4O3S/c1-3-36(34,35)18-10-9-16(13-5-4-6-14(25)11-13)29-20(18)22-30-17-12-19(24(26,27)28)32(15-7-8-15)23(33)21(17)31(22)2/h4-6,9-12,15H,3,7-8H2,1-2H3. The van der Waals surface area contributed by atoms with E-state index in [4.69, 9.17) is 0 Å². The zero-order valence-electron chi connectivity index (χ0n) is 19.2. The highest BCUT2D eigenvalue weighted by atomic mass is 32.2. The predicted molar refractivity (Wildman–Crippen MR) is 125 cm³/mol. The van der Waals surface area contributed by atoms with Gasteiger partial charge in [0.1, 0.15) is 22.7 Å². The van der Waals surface area contributed by atoms with Crippen molar-refractivity contribution in [2.75, 3.05) is 5.75 Å². The van der Waals surface area contributed by atoms with Crippen molar-refractivity contribution < 1.29 is 26.0 Å². The van der Waals surface area contributed by atoms with Crippen molar-refractivity contribution in [1.82, 2.24) is 19.1 Å². The molecule has 0 spiro atoms. The Morgan fingerprint density at radius 3 is 2.42 bits per heavy atom. The van der Waals surface area contributed by atoms with Gasteiger partial charge in [0.25, 0.3) is 5.56 Å². The van der Waals surface area contributed by atoms with Gasteiger partial charge in [-0.2, -0.15) is 13.2 Å². The Labute approximate surface area is 203 Å². The SMILES string of the molecule is CCS(=O)(=O)c1ccc(-c2cccc(F)c2)nc1-c1nc2cc(C(F)(F)F)n(C3CC3)c(=O)c2n1C. The Morgan fingerprint density at radius 2 is 1.81 bits per heavy atom. The summed E-state index contributed by atoms with van der Waals surface area (Å²) >= 11 is 0. The van der Waals surface area contributed by atoms with E-state index >= 15 is 0 Å². The van der Waals surface area contributed by atoms with Gasteiger partial charge in [-0.05, 0) is 43.2 Å². The van der Waals surface area contributed by atoms with Crippen LogP contribution in [0.1, 0.15) is 31.5 Å². The van der Waals surface area contributed by atoms with Gasteiger partial charge in [-0.3, -0.25) is 9.36 Å². The Kier molecular flexibility index (Phi) is 5.54. The van der Waals surface area contributed by atoms with Crippen LogP contribution in [0.5, 0.6) is 0 Å². The fraction of sp³-hybridized carbons (Fsp3) is 0.292. The van der Waals surface area contributed by atoms with Gasteiger partial charge in [0.15, 0.2) is 15.7 Å². The molecule has 1 aliphatic carbocycles. The quantitative estimate of drug-likeness (QED) is 0.355. The molecule has 0 atom stereocenters. The third-order valence-electron chi connectivity index (χ3n) is 6.18. The number of aromatic nitrogens is 4. The van der Waals surface area contributed by atoms with Crippen LogP contribution in [0.4, 0.5) is 17.6 Å². The Bertz CT molecular complexity index is 1690. The Hall–Kier alpha value is -3.54. The molecule has 0 amide bonds. The number of sulfone groups is 1. The van der Waals surface area contributed by atoms with E-state index in [2.05, 4.69) is 9.97 Å². The average molecular weight is 521 g/mol. The van der Waals surface area contributed by atoms with Crippen LogP contribution in [0, 0.1) is 5.82 Å². The lowest BCUT2D eigenvalue weighted by Gasteiger charge is -2.15. The number of aryl methyl sites for hydroxylation is 1. The molecular weight excluding hydrogens is 500 g/mol. The third kappa shape index (κ3) is 3.98. The lowest BCUT2D eigenvalue weighted by atomic mass is 10.1. The predicted octanol–water partition coefficient (Wildman–Crippen LogP) is 4.75. The molecule has 0 saturated heterocycles. The van der Waals surface area contributed by atoms with Crippen LogP contribution < -0.4 is 5.56 Å². The summed E-state index contributed by atoms with van der Waals surface area (Å²) in [6.07, 6.45) is -3.87. The average Bonchev–Trinajstić information content (AvgIpc) is 3.60. The number of hydrogen-bond acceptors (Lipinski definition) is 5. The number of benzene rings is 1. The Balaban J connectivity index is 1.82. The van der Waals surface area contributed by atoms with Crippen molar-refractivity contribution >= 4 is 20.9 Å². The second-order valence-corrected chi connectivity index (χ2v) is 10.9. The number of halogens is 4. The highest BCUT2D eigenvalue weighted by Crippen LogP contribution is 2.40. The van der Waals surface area contributed by atoms with Crippen LogP contribution in [0.25, 0.3) is 33.8 Å². The first kappa shape index (κ1) is 24.2. The van der Waals surface area contributed by atoms with Crippen LogP contribution in [0.15, 0.2) is 52.2 Å². The van der Waals surface area contributed by atoms with Crippen LogP contribution in [0.2, 0.25) is 0 Å². The van der Waals surface area contributed by atoms with Crippen LogP contribution in [-0.4, -0.2) is 33.3 Å². The number of fused-ring (bicyclic) bond motifs is 1. The molecule has 0 N–H and O–H groups in total. The number of imidazole rings is 1. The fourth-order valence-electron chi connectivity index (χ4n) is 4.24. The van der Waals surface area contributed by atoms with E-state index in [1.807, 2.05) is 0 Å². The van der Waals surface area contributed by atoms with Crippen molar-refractivity contribution in [3.05, 3.63) is 64.3 Å². The summed E-state index contributed by atoms with van der Waals surface area (Å²) in [5.41, 5.74) is -1.81. The number of hydrogen-bond donors (Lipinski definition) is 0. The molecule has 1 fully saturated rings. The second kappa shape index (κ2) is 8.26. The minimum atomic E-state index is -4.78. The van der Waals surface area contributed by atoms with Crippen LogP contribution in [-0.2, 0) is 23.1 Å². The lowest BCUT2D eigenvalue weighted by molar-refractivity contribution is -0.144. The van der Waals surface area contributed by atoms with E-state index in [-0.39, 0.29) is 38.9 Å². The third-order valence-corrected chi connectivity index (χ3v) is 7.94. The molecule has 1 aliphatic rings. The molecule has 3 aromatic heterocycles. The van der Waals surface area contributed by atoms with Crippen molar-refractivity contribution in [2.45, 2.75) is 36.9 Å². The monoisotopic (exact) mass is 520 g/mol. The summed E-state index contributed by atoms with van der Waals surface area (Å²) in [5, 5.41) is 0. The minimum Gasteiger partial charge on any atom is -0.321 e. The van der Waals surface area contributed by atoms with Gasteiger partial charge < -0.3 is 4.57 Å². The van der Waals surface area contributed by atoms with Gasteiger partial charge in [0, 0.05) is 18.7 Å². The summed E-state index contributed by atoms with van der Waals surface area (Å²) < 4.78 is 83.0. The molecule has 1 saturated carbocycles. The highest BCUT2D eigenvalue weighted by molar-refractivity contribution is 7.91. The van der Waals surface area contributed by atoms with E-state index in [1.165, 1.54) is 48.9 Å². The van der Waals surface area contributed by atoms with E-state index < -0.39 is 39.1 Å². The second-order valence-electron chi connectivity index (χ2n) is 8.62. The molecule has 12 heteroatoms. The first-order valence-corrected chi connectivity index (χ1v) is 12.8. The first-order valence-electron chi connectivity index (χ1n) is 11.1. The molecule has 0 unspecified atom stereocenters. The van der Waals surface area contributed by atoms with Crippen molar-refractivity contribution in [3.63, 3.8) is 0 Å². The van der Waals surface area contributed by atoms with E-state index in [9.17, 15) is 30.8 Å². The lowest BCUT2D eigenvalue weighted by Crippen LogP contribution is -2.28. The molecule has 0 bridgehead atoms. The normalized spacial score (nSPS) is 14.5. The van der Waals surface area contributed by atoms with E-state index in [0.717, 1.165) is 10.6 Å². The Morgan fingerprint density at radius 1 is 1.08 bits per heavy atom. The molecule has 0 radical (unpaired) electrons. The summed E-state index contributed by atoms with van der Waals surface area (Å²) in [5.74, 6) is -0.879. The minimum absolute atomic E-state index is 0.0888. The van der Waals surface area contributed by atoms with Crippen molar-refractivity contribution in [1.29, 1.82) is 0 Å². The zero-order valence-corrected chi connectivity index (χ0v) is 20.0. The summed E-state index contributed by atoms with van der Waals surface area (Å²) in [4.78, 5) is 21.7. The van der Waals surface area contributed by atoms with Crippen molar-refractivity contribution in [2.24, 2.45) is 7.05 Å². The number of nitrogens with zero attached hydrogens (tertiary/aromatic N) is 4. The molecule has 3 heterocycles. The molecule has 4 aromatic rings. The van der Waals surface area contributed by atoms with Crippen LogP contribution >= 0.6 is 0 Å². The largest absolute Gasteiger partial charge is 0.431 e. The topological polar surface area (TPSA) is 86.8 Å². The molecule has 36 heavy (non-hydrogen) atoms. The van der Waals surface area contributed by atoms with Gasteiger partial charge in [-0.1, -0.05) is 19.1 Å². The summed E-state index contributed by atoms with van der Waals surface area (Å²) in [7, 11) is -2.42. The molecule has 1 aromatic carbocycles. The van der Waals surface area contributed by atoms with Gasteiger partial charge in [0.05, 0.1) is 21.9 Å². The number of alkyl halides is 3. The van der Waals surface area contributed by atoms with Gasteiger partial charge in [-0.15, -0.1) is 0 Å². The van der Waals surface area contributed by atoms with Crippen molar-refractivity contribution in [3.8, 4) is 22.8 Å². The summed E-state index contributed by atoms with van der Waals surface area (Å²) in [6.45, 7) is 1.44. The van der Waals surface area contributed by atoms with Gasteiger partial charge >= 0.3 is 6.18 Å². The number of pyridine rings is 2. The molecule has 0 aliphatic heterocycles. The van der Waals surface area contributed by atoms with E-state index in [1.54, 1.807) is 6.07 Å². The molecular formula is C24H20F4N4O3S. The van der Waals surface area contributed by atoms with E-state index in [0.29, 0.717) is 18.4 Å². The van der Waals surface area contributed by atoms with Gasteiger partial charge in [0.2, 0.25) is 0 Å². The van der Waals surface area contributed by atoms with Gasteiger partial charge in [-0.25, -0.2) is 22.8 Å². The first-order chi connectivity index (χ1) is 16.9. The maximum absolute atomic E-state index is 13.8. The number of rotatable bonds is 5. The molecule has 7 nitrogen and oxygen atoms in total. The maximum atomic E-state index is 13.8. The maximum Gasteiger partial charge on any atom is 0.431 e. The van der Waals surface area contributed by atoms with Crippen LogP contribution in [0.3, 0.4) is 0 Å². The smallest absolute Gasteiger partial charge is 0.321 e. The molecule has 5 rings (SSSR count). The zero-order chi connectivity index (χ0) is 26.0. The fourth-order valence-corrected chi connectivity index (χ4v) is 5.26. The molecule has 188 valence electrons. The summed E-state index contributed by atoms with van der Waals surface area (Å²) in [6, 6.07) is 8.51. The highest BCUT2D eigenvalue weighted by Gasteiger charge is 2.40.